The summed E-state index contributed by atoms with van der Waals surface area (Å²) in [6.07, 6.45) is 1.47. The van der Waals surface area contributed by atoms with Crippen molar-refractivity contribution < 1.29 is 9.47 Å². The topological polar surface area (TPSA) is 72.9 Å². The molecule has 19 heavy (non-hydrogen) atoms. The molecule has 7 heteroatoms. The third-order valence-corrected chi connectivity index (χ3v) is 3.64. The van der Waals surface area contributed by atoms with Gasteiger partial charge >= 0.3 is 0 Å². The van der Waals surface area contributed by atoms with E-state index in [4.69, 9.17) is 9.47 Å². The second kappa shape index (κ2) is 4.06. The maximum atomic E-state index is 5.36. The van der Waals surface area contributed by atoms with E-state index in [0.29, 0.717) is 5.82 Å². The van der Waals surface area contributed by atoms with Crippen LogP contribution in [0, 0.1) is 0 Å². The smallest absolute Gasteiger partial charge is 0.231 e. The molecule has 4 rings (SSSR count). The molecule has 0 aliphatic carbocycles. The standard InChI is InChI=1S/C12H8N4O2S/c1-2-9-10(18-6-17-9)3-7(1)8-4-19-12(15-8)11-13-5-14-16-11/h1-5H,6H2,(H,13,14,16). The summed E-state index contributed by atoms with van der Waals surface area (Å²) in [5.41, 5.74) is 1.88. The molecule has 1 aliphatic rings. The zero-order valence-electron chi connectivity index (χ0n) is 9.66. The number of nitrogens with one attached hydrogen (secondary N) is 1. The molecular weight excluding hydrogens is 264 g/mol. The van der Waals surface area contributed by atoms with Gasteiger partial charge in [0.15, 0.2) is 22.3 Å². The van der Waals surface area contributed by atoms with Gasteiger partial charge in [-0.15, -0.1) is 11.3 Å². The van der Waals surface area contributed by atoms with Crippen LogP contribution in [0.1, 0.15) is 0 Å². The molecule has 3 aromatic rings. The highest BCUT2D eigenvalue weighted by Gasteiger charge is 2.15. The highest BCUT2D eigenvalue weighted by molar-refractivity contribution is 7.13. The Bertz CT molecular complexity index is 723. The van der Waals surface area contributed by atoms with Gasteiger partial charge < -0.3 is 9.47 Å². The number of H-pyrrole nitrogens is 1. The first-order chi connectivity index (χ1) is 9.40. The maximum Gasteiger partial charge on any atom is 0.231 e. The number of rotatable bonds is 2. The van der Waals surface area contributed by atoms with E-state index in [1.165, 1.54) is 17.7 Å². The molecule has 0 saturated carbocycles. The van der Waals surface area contributed by atoms with E-state index in [2.05, 4.69) is 20.2 Å². The third kappa shape index (κ3) is 1.75. The highest BCUT2D eigenvalue weighted by Crippen LogP contribution is 2.36. The lowest BCUT2D eigenvalue weighted by Crippen LogP contribution is -1.92. The Hall–Kier alpha value is -2.41. The minimum absolute atomic E-state index is 0.277. The minimum Gasteiger partial charge on any atom is -0.454 e. The van der Waals surface area contributed by atoms with Gasteiger partial charge in [0.2, 0.25) is 6.79 Å². The molecule has 2 aromatic heterocycles. The number of fused-ring (bicyclic) bond motifs is 1. The van der Waals surface area contributed by atoms with Crippen LogP contribution in [0.2, 0.25) is 0 Å². The summed E-state index contributed by atoms with van der Waals surface area (Å²) in [5, 5.41) is 9.42. The van der Waals surface area contributed by atoms with Gasteiger partial charge in [-0.2, -0.15) is 5.10 Å². The molecule has 1 N–H and O–H groups in total. The van der Waals surface area contributed by atoms with E-state index < -0.39 is 0 Å². The molecule has 0 unspecified atom stereocenters. The predicted molar refractivity (Wildman–Crippen MR) is 69.0 cm³/mol. The Morgan fingerprint density at radius 3 is 3.05 bits per heavy atom. The zero-order chi connectivity index (χ0) is 12.7. The van der Waals surface area contributed by atoms with E-state index >= 15 is 0 Å². The second-order valence-electron chi connectivity index (χ2n) is 3.94. The van der Waals surface area contributed by atoms with E-state index in [0.717, 1.165) is 27.8 Å². The summed E-state index contributed by atoms with van der Waals surface area (Å²) in [7, 11) is 0. The first-order valence-electron chi connectivity index (χ1n) is 5.61. The van der Waals surface area contributed by atoms with Crippen molar-refractivity contribution in [2.75, 3.05) is 6.79 Å². The van der Waals surface area contributed by atoms with Gasteiger partial charge in [-0.3, -0.25) is 5.10 Å². The van der Waals surface area contributed by atoms with Gasteiger partial charge in [0.05, 0.1) is 5.69 Å². The average molecular weight is 272 g/mol. The van der Waals surface area contributed by atoms with Crippen LogP contribution in [0.3, 0.4) is 0 Å². The van der Waals surface area contributed by atoms with Crippen LogP contribution in [0.4, 0.5) is 0 Å². The average Bonchev–Trinajstić information content (AvgIpc) is 3.18. The van der Waals surface area contributed by atoms with Crippen molar-refractivity contribution in [3.8, 4) is 33.6 Å². The SMILES string of the molecule is c1n[nH]c(-c2nc(-c3ccc4c(c3)OCO4)cs2)n1. The summed E-state index contributed by atoms with van der Waals surface area (Å²) >= 11 is 1.52. The summed E-state index contributed by atoms with van der Waals surface area (Å²) in [5.74, 6) is 2.21. The molecule has 0 bridgehead atoms. The van der Waals surface area contributed by atoms with Gasteiger partial charge in [-0.05, 0) is 18.2 Å². The number of thiazole rings is 1. The van der Waals surface area contributed by atoms with E-state index in [-0.39, 0.29) is 6.79 Å². The molecule has 0 atom stereocenters. The molecule has 0 fully saturated rings. The fourth-order valence-electron chi connectivity index (χ4n) is 1.88. The van der Waals surface area contributed by atoms with Gasteiger partial charge in [0.1, 0.15) is 6.33 Å². The number of benzene rings is 1. The van der Waals surface area contributed by atoms with Crippen LogP contribution in [-0.2, 0) is 0 Å². The summed E-state index contributed by atoms with van der Waals surface area (Å²) in [6, 6.07) is 5.79. The minimum atomic E-state index is 0.277. The molecular formula is C12H8N4O2S. The van der Waals surface area contributed by atoms with Crippen molar-refractivity contribution in [1.82, 2.24) is 20.2 Å². The van der Waals surface area contributed by atoms with E-state index in [9.17, 15) is 0 Å². The third-order valence-electron chi connectivity index (χ3n) is 2.79. The van der Waals surface area contributed by atoms with Crippen molar-refractivity contribution >= 4 is 11.3 Å². The number of hydrogen-bond acceptors (Lipinski definition) is 6. The molecule has 1 aliphatic heterocycles. The van der Waals surface area contributed by atoms with Crippen molar-refractivity contribution in [2.24, 2.45) is 0 Å². The zero-order valence-corrected chi connectivity index (χ0v) is 10.5. The summed E-state index contributed by atoms with van der Waals surface area (Å²) < 4.78 is 10.7. The quantitative estimate of drug-likeness (QED) is 0.775. The van der Waals surface area contributed by atoms with Gasteiger partial charge in [0, 0.05) is 10.9 Å². The van der Waals surface area contributed by atoms with Crippen LogP contribution in [0.15, 0.2) is 29.9 Å². The van der Waals surface area contributed by atoms with E-state index in [1.807, 2.05) is 23.6 Å². The van der Waals surface area contributed by atoms with Crippen molar-refractivity contribution in [2.45, 2.75) is 0 Å². The Morgan fingerprint density at radius 1 is 1.21 bits per heavy atom. The Balaban J connectivity index is 1.73. The first kappa shape index (κ1) is 10.5. The molecule has 3 heterocycles. The molecule has 6 nitrogen and oxygen atoms in total. The highest BCUT2D eigenvalue weighted by atomic mass is 32.1. The first-order valence-corrected chi connectivity index (χ1v) is 6.49. The van der Waals surface area contributed by atoms with E-state index in [1.54, 1.807) is 0 Å². The predicted octanol–water partition coefficient (Wildman–Crippen LogP) is 2.32. The number of aromatic amines is 1. The molecule has 0 radical (unpaired) electrons. The Labute approximate surface area is 112 Å². The fraction of sp³-hybridized carbons (Fsp3) is 0.0833. The maximum absolute atomic E-state index is 5.36. The second-order valence-corrected chi connectivity index (χ2v) is 4.80. The molecule has 1 aromatic carbocycles. The molecule has 94 valence electrons. The van der Waals surface area contributed by atoms with Gasteiger partial charge in [-0.1, -0.05) is 0 Å². The van der Waals surface area contributed by atoms with Gasteiger partial charge in [-0.25, -0.2) is 9.97 Å². The fourth-order valence-corrected chi connectivity index (χ4v) is 2.65. The largest absolute Gasteiger partial charge is 0.454 e. The molecule has 0 saturated heterocycles. The van der Waals surface area contributed by atoms with Crippen molar-refractivity contribution in [1.29, 1.82) is 0 Å². The lowest BCUT2D eigenvalue weighted by atomic mass is 10.1. The van der Waals surface area contributed by atoms with Crippen LogP contribution in [0.25, 0.3) is 22.1 Å². The van der Waals surface area contributed by atoms with Crippen LogP contribution >= 0.6 is 11.3 Å². The Morgan fingerprint density at radius 2 is 2.16 bits per heavy atom. The van der Waals surface area contributed by atoms with Crippen molar-refractivity contribution in [3.05, 3.63) is 29.9 Å². The van der Waals surface area contributed by atoms with Crippen LogP contribution in [-0.4, -0.2) is 27.0 Å². The number of hydrogen-bond donors (Lipinski definition) is 1. The number of nitrogens with zero attached hydrogens (tertiary/aromatic N) is 3. The summed E-state index contributed by atoms with van der Waals surface area (Å²) in [6.45, 7) is 0.277. The van der Waals surface area contributed by atoms with Crippen LogP contribution in [0.5, 0.6) is 11.5 Å². The lowest BCUT2D eigenvalue weighted by molar-refractivity contribution is 0.174. The molecule has 0 spiro atoms. The molecule has 0 amide bonds. The Kier molecular flexibility index (Phi) is 2.25. The lowest BCUT2D eigenvalue weighted by Gasteiger charge is -1.99. The summed E-state index contributed by atoms with van der Waals surface area (Å²) in [4.78, 5) is 8.62. The number of ether oxygens (including phenoxy) is 2. The normalized spacial score (nSPS) is 12.8. The van der Waals surface area contributed by atoms with Gasteiger partial charge in [0.25, 0.3) is 0 Å². The number of aromatic nitrogens is 4. The van der Waals surface area contributed by atoms with Crippen LogP contribution < -0.4 is 9.47 Å². The van der Waals surface area contributed by atoms with Crippen molar-refractivity contribution in [3.63, 3.8) is 0 Å². The monoisotopic (exact) mass is 272 g/mol.